The van der Waals surface area contributed by atoms with Gasteiger partial charge in [0.25, 0.3) is 5.82 Å². The van der Waals surface area contributed by atoms with Crippen molar-refractivity contribution in [1.82, 2.24) is 4.98 Å². The molecule has 0 atom stereocenters. The predicted molar refractivity (Wildman–Crippen MR) is 124 cm³/mol. The number of hydrogen-bond donors (Lipinski definition) is 0. The van der Waals surface area contributed by atoms with Crippen LogP contribution in [0, 0.1) is 6.92 Å². The number of thioether (sulfide) groups is 1. The van der Waals surface area contributed by atoms with Gasteiger partial charge in [0.15, 0.2) is 5.69 Å². The fourth-order valence-corrected chi connectivity index (χ4v) is 4.51. The van der Waals surface area contributed by atoms with Gasteiger partial charge in [-0.3, -0.25) is 0 Å². The van der Waals surface area contributed by atoms with Crippen molar-refractivity contribution in [3.63, 3.8) is 0 Å². The van der Waals surface area contributed by atoms with E-state index in [1.807, 2.05) is 11.8 Å². The molecule has 2 heterocycles. The maximum absolute atomic E-state index is 4.91. The summed E-state index contributed by atoms with van der Waals surface area (Å²) >= 11 is 1.81. The number of quaternary nitrogens is 1. The lowest BCUT2D eigenvalue weighted by molar-refractivity contribution is -0.870. The maximum Gasteiger partial charge on any atom is 0.299 e. The first-order chi connectivity index (χ1) is 13.7. The Kier molecular flexibility index (Phi) is 6.81. The Morgan fingerprint density at radius 1 is 1.17 bits per heavy atom. The summed E-state index contributed by atoms with van der Waals surface area (Å²) in [5, 5.41) is 1.24. The molecule has 154 valence electrons. The summed E-state index contributed by atoms with van der Waals surface area (Å²) < 4.78 is 3.24. The molecule has 0 saturated carbocycles. The molecule has 0 amide bonds. The molecular formula is C24H34N4S+2. The highest BCUT2D eigenvalue weighted by Gasteiger charge is 2.20. The minimum absolute atomic E-state index is 1.02. The Morgan fingerprint density at radius 2 is 1.93 bits per heavy atom. The number of aromatic nitrogens is 2. The third kappa shape index (κ3) is 5.71. The monoisotopic (exact) mass is 410 g/mol. The largest absolute Gasteiger partial charge is 0.338 e. The molecule has 0 radical (unpaired) electrons. The van der Waals surface area contributed by atoms with Gasteiger partial charge in [-0.15, -0.1) is 0 Å². The molecule has 5 heteroatoms. The summed E-state index contributed by atoms with van der Waals surface area (Å²) in [6.45, 7) is 3.35. The third-order valence-corrected chi connectivity index (χ3v) is 6.47. The number of hydrogen-bond acceptors (Lipinski definition) is 3. The smallest absolute Gasteiger partial charge is 0.299 e. The molecule has 1 aromatic carbocycles. The van der Waals surface area contributed by atoms with Crippen LogP contribution in [0.4, 0.5) is 5.69 Å². The van der Waals surface area contributed by atoms with Gasteiger partial charge in [0.2, 0.25) is 0 Å². The molecule has 0 spiro atoms. The van der Waals surface area contributed by atoms with E-state index in [4.69, 9.17) is 4.98 Å². The number of para-hydroxylation sites is 1. The second kappa shape index (κ2) is 9.14. The van der Waals surface area contributed by atoms with Gasteiger partial charge in [-0.05, 0) is 49.0 Å². The van der Waals surface area contributed by atoms with Crippen LogP contribution in [0.15, 0.2) is 52.4 Å². The SMILES string of the molecule is Cc1cc(/C=C/C=C2/Sc3ccccc3N2C)nc(CCCC[N+](C)(C)C)[n+]1C. The fraction of sp³-hybridized carbons (Fsp3) is 0.417. The first kappa shape index (κ1) is 21.6. The van der Waals surface area contributed by atoms with Crippen LogP contribution in [0.3, 0.4) is 0 Å². The van der Waals surface area contributed by atoms with Gasteiger partial charge in [0, 0.05) is 18.0 Å². The van der Waals surface area contributed by atoms with Crippen LogP contribution in [0.25, 0.3) is 6.08 Å². The zero-order valence-electron chi connectivity index (χ0n) is 18.6. The molecule has 0 N–H and O–H groups in total. The van der Waals surface area contributed by atoms with Gasteiger partial charge >= 0.3 is 0 Å². The number of rotatable bonds is 7. The number of fused-ring (bicyclic) bond motifs is 1. The fourth-order valence-electron chi connectivity index (χ4n) is 3.44. The highest BCUT2D eigenvalue weighted by Crippen LogP contribution is 2.44. The molecule has 29 heavy (non-hydrogen) atoms. The summed E-state index contributed by atoms with van der Waals surface area (Å²) in [5.74, 6) is 1.17. The first-order valence-corrected chi connectivity index (χ1v) is 11.1. The Labute approximate surface area is 180 Å². The number of nitrogens with zero attached hydrogens (tertiary/aromatic N) is 4. The average Bonchev–Trinajstić information content (AvgIpc) is 2.98. The van der Waals surface area contributed by atoms with Crippen molar-refractivity contribution in [3.8, 4) is 0 Å². The lowest BCUT2D eigenvalue weighted by atomic mass is 10.2. The zero-order chi connectivity index (χ0) is 21.0. The van der Waals surface area contributed by atoms with Crippen LogP contribution in [0.2, 0.25) is 0 Å². The lowest BCUT2D eigenvalue weighted by Crippen LogP contribution is -2.39. The van der Waals surface area contributed by atoms with Gasteiger partial charge in [0.05, 0.1) is 51.9 Å². The Hall–Kier alpha value is -2.11. The first-order valence-electron chi connectivity index (χ1n) is 10.3. The summed E-state index contributed by atoms with van der Waals surface area (Å²) in [6.07, 6.45) is 9.83. The van der Waals surface area contributed by atoms with Crippen LogP contribution in [0.5, 0.6) is 0 Å². The van der Waals surface area contributed by atoms with Crippen molar-refractivity contribution >= 4 is 23.5 Å². The van der Waals surface area contributed by atoms with Crippen LogP contribution >= 0.6 is 11.8 Å². The number of anilines is 1. The predicted octanol–water partition coefficient (Wildman–Crippen LogP) is 4.34. The van der Waals surface area contributed by atoms with E-state index in [1.54, 1.807) is 0 Å². The van der Waals surface area contributed by atoms with E-state index in [9.17, 15) is 0 Å². The molecule has 0 aliphatic carbocycles. The summed E-state index contributed by atoms with van der Waals surface area (Å²) in [6, 6.07) is 10.7. The van der Waals surface area contributed by atoms with E-state index in [-0.39, 0.29) is 0 Å². The molecule has 0 saturated heterocycles. The average molecular weight is 411 g/mol. The van der Waals surface area contributed by atoms with Crippen LogP contribution < -0.4 is 9.47 Å². The van der Waals surface area contributed by atoms with E-state index in [2.05, 4.69) is 100 Å². The minimum atomic E-state index is 1.02. The molecule has 0 unspecified atom stereocenters. The van der Waals surface area contributed by atoms with Crippen molar-refractivity contribution in [3.05, 3.63) is 64.7 Å². The summed E-state index contributed by atoms with van der Waals surface area (Å²) in [5.41, 5.74) is 3.55. The van der Waals surface area contributed by atoms with Crippen molar-refractivity contribution in [2.45, 2.75) is 31.1 Å². The number of allylic oxidation sites excluding steroid dienone is 2. The zero-order valence-corrected chi connectivity index (χ0v) is 19.5. The molecule has 4 nitrogen and oxygen atoms in total. The molecule has 1 aromatic heterocycles. The van der Waals surface area contributed by atoms with E-state index in [1.165, 1.54) is 46.5 Å². The molecule has 1 aliphatic heterocycles. The Balaban J connectivity index is 1.67. The standard InChI is InChI=1S/C24H34N4S/c1-19-18-20(25-23(26(19)2)15-9-10-17-28(4,5)6)12-11-16-24-27(3)21-13-7-8-14-22(21)29-24/h7-8,11-14,16,18H,9-10,15,17H2,1-6H3/q+2. The lowest BCUT2D eigenvalue weighted by Gasteiger charge is -2.23. The van der Waals surface area contributed by atoms with E-state index in [0.717, 1.165) is 16.6 Å². The minimum Gasteiger partial charge on any atom is -0.338 e. The maximum atomic E-state index is 4.91. The molecule has 0 fully saturated rings. The van der Waals surface area contributed by atoms with Gasteiger partial charge in [-0.25, -0.2) is 4.57 Å². The normalized spacial score (nSPS) is 15.5. The highest BCUT2D eigenvalue weighted by molar-refractivity contribution is 8.03. The van der Waals surface area contributed by atoms with Gasteiger partial charge in [0.1, 0.15) is 5.69 Å². The van der Waals surface area contributed by atoms with E-state index < -0.39 is 0 Å². The summed E-state index contributed by atoms with van der Waals surface area (Å²) in [4.78, 5) is 8.47. The van der Waals surface area contributed by atoms with Crippen molar-refractivity contribution in [1.29, 1.82) is 0 Å². The van der Waals surface area contributed by atoms with Crippen molar-refractivity contribution in [2.24, 2.45) is 7.05 Å². The quantitative estimate of drug-likeness (QED) is 0.385. The molecule has 1 aliphatic rings. The second-order valence-electron chi connectivity index (χ2n) is 8.76. The van der Waals surface area contributed by atoms with Crippen molar-refractivity contribution in [2.75, 3.05) is 39.6 Å². The topological polar surface area (TPSA) is 20.0 Å². The Morgan fingerprint density at radius 3 is 2.66 bits per heavy atom. The summed E-state index contributed by atoms with van der Waals surface area (Å²) in [7, 11) is 11.0. The molecule has 2 aromatic rings. The molecule has 0 bridgehead atoms. The Bertz CT molecular complexity index is 925. The molecular weight excluding hydrogens is 376 g/mol. The number of unbranched alkanes of at least 4 members (excludes halogenated alkanes) is 1. The van der Waals surface area contributed by atoms with Crippen LogP contribution in [-0.4, -0.2) is 44.2 Å². The molecule has 3 rings (SSSR count). The van der Waals surface area contributed by atoms with Crippen LogP contribution in [-0.2, 0) is 13.5 Å². The number of aryl methyl sites for hydroxylation is 2. The second-order valence-corrected chi connectivity index (χ2v) is 9.82. The van der Waals surface area contributed by atoms with E-state index >= 15 is 0 Å². The van der Waals surface area contributed by atoms with Crippen molar-refractivity contribution < 1.29 is 9.05 Å². The third-order valence-electron chi connectivity index (χ3n) is 5.29. The van der Waals surface area contributed by atoms with Crippen LogP contribution in [0.1, 0.15) is 30.1 Å². The van der Waals surface area contributed by atoms with Gasteiger partial charge in [-0.1, -0.05) is 30.0 Å². The highest BCUT2D eigenvalue weighted by atomic mass is 32.2. The van der Waals surface area contributed by atoms with E-state index in [0.29, 0.717) is 0 Å². The number of benzene rings is 1. The van der Waals surface area contributed by atoms with Gasteiger partial charge in [-0.2, -0.15) is 0 Å². The van der Waals surface area contributed by atoms with Gasteiger partial charge < -0.3 is 9.38 Å².